The number of benzene rings is 2. The summed E-state index contributed by atoms with van der Waals surface area (Å²) in [5.74, 6) is -0.266. The molecule has 0 bridgehead atoms. The van der Waals surface area contributed by atoms with E-state index >= 15 is 0 Å². The highest BCUT2D eigenvalue weighted by Crippen LogP contribution is 2.25. The van der Waals surface area contributed by atoms with Crippen molar-refractivity contribution in [3.05, 3.63) is 76.0 Å². The lowest BCUT2D eigenvalue weighted by molar-refractivity contribution is 0.0954. The number of halogens is 2. The van der Waals surface area contributed by atoms with E-state index < -0.39 is 0 Å². The molecule has 5 nitrogen and oxygen atoms in total. The number of rotatable bonds is 5. The summed E-state index contributed by atoms with van der Waals surface area (Å²) in [6, 6.07) is 14.6. The van der Waals surface area contributed by atoms with Crippen molar-refractivity contribution >= 4 is 29.1 Å². The van der Waals surface area contributed by atoms with Crippen LogP contribution in [0.3, 0.4) is 0 Å². The molecule has 3 rings (SSSR count). The second-order valence-electron chi connectivity index (χ2n) is 5.07. The third kappa shape index (κ3) is 3.75. The number of amides is 1. The van der Waals surface area contributed by atoms with Gasteiger partial charge in [-0.25, -0.2) is 0 Å². The number of carbonyl (C=O) groups is 1. The summed E-state index contributed by atoms with van der Waals surface area (Å²) >= 11 is 12.0. The average Bonchev–Trinajstić information content (AvgIpc) is 3.07. The second kappa shape index (κ2) is 7.47. The SMILES string of the molecule is O=C(NCCc1cnn(-c2ccccc2)n1)c1cccc(Cl)c1Cl. The molecule has 0 unspecified atom stereocenters. The van der Waals surface area contributed by atoms with E-state index in [1.165, 1.54) is 0 Å². The molecule has 2 aromatic carbocycles. The monoisotopic (exact) mass is 360 g/mol. The summed E-state index contributed by atoms with van der Waals surface area (Å²) in [5.41, 5.74) is 2.03. The van der Waals surface area contributed by atoms with Crippen LogP contribution in [-0.4, -0.2) is 27.4 Å². The van der Waals surface area contributed by atoms with Crippen LogP contribution in [0.15, 0.2) is 54.7 Å². The number of carbonyl (C=O) groups excluding carboxylic acids is 1. The molecule has 0 aliphatic heterocycles. The van der Waals surface area contributed by atoms with Crippen LogP contribution < -0.4 is 5.32 Å². The molecule has 1 amide bonds. The minimum Gasteiger partial charge on any atom is -0.352 e. The fourth-order valence-electron chi connectivity index (χ4n) is 2.17. The number of hydrogen-bond acceptors (Lipinski definition) is 3. The quantitative estimate of drug-likeness (QED) is 0.756. The van der Waals surface area contributed by atoms with Crippen LogP contribution in [0, 0.1) is 0 Å². The van der Waals surface area contributed by atoms with Crippen molar-refractivity contribution in [1.82, 2.24) is 20.3 Å². The fraction of sp³-hybridized carbons (Fsp3) is 0.118. The van der Waals surface area contributed by atoms with E-state index in [9.17, 15) is 4.79 Å². The highest BCUT2D eigenvalue weighted by Gasteiger charge is 2.12. The van der Waals surface area contributed by atoms with E-state index in [1.54, 1.807) is 29.2 Å². The van der Waals surface area contributed by atoms with Gasteiger partial charge >= 0.3 is 0 Å². The third-order valence-corrected chi connectivity index (χ3v) is 4.21. The van der Waals surface area contributed by atoms with Gasteiger partial charge in [0.15, 0.2) is 0 Å². The molecule has 0 radical (unpaired) electrons. The molecule has 0 saturated heterocycles. The van der Waals surface area contributed by atoms with Crippen molar-refractivity contribution in [2.24, 2.45) is 0 Å². The minimum absolute atomic E-state index is 0.256. The zero-order valence-electron chi connectivity index (χ0n) is 12.6. The lowest BCUT2D eigenvalue weighted by Gasteiger charge is -2.06. The Morgan fingerprint density at radius 3 is 2.67 bits per heavy atom. The van der Waals surface area contributed by atoms with Crippen molar-refractivity contribution in [2.75, 3.05) is 6.54 Å². The molecule has 1 aromatic heterocycles. The van der Waals surface area contributed by atoms with Gasteiger partial charge in [0.2, 0.25) is 0 Å². The lowest BCUT2D eigenvalue weighted by atomic mass is 10.2. The normalized spacial score (nSPS) is 10.6. The number of nitrogens with one attached hydrogen (secondary N) is 1. The molecule has 3 aromatic rings. The molecule has 0 aliphatic carbocycles. The maximum Gasteiger partial charge on any atom is 0.252 e. The predicted molar refractivity (Wildman–Crippen MR) is 93.9 cm³/mol. The van der Waals surface area contributed by atoms with Gasteiger partial charge in [0.25, 0.3) is 5.91 Å². The maximum absolute atomic E-state index is 12.1. The van der Waals surface area contributed by atoms with Gasteiger partial charge in [0.1, 0.15) is 0 Å². The number of aromatic nitrogens is 3. The van der Waals surface area contributed by atoms with Gasteiger partial charge in [-0.05, 0) is 24.3 Å². The van der Waals surface area contributed by atoms with Gasteiger partial charge in [-0.15, -0.1) is 0 Å². The molecule has 24 heavy (non-hydrogen) atoms. The molecule has 0 aliphatic rings. The lowest BCUT2D eigenvalue weighted by Crippen LogP contribution is -2.26. The van der Waals surface area contributed by atoms with Crippen LogP contribution >= 0.6 is 23.2 Å². The molecule has 0 spiro atoms. The van der Waals surface area contributed by atoms with Crippen molar-refractivity contribution in [3.8, 4) is 5.69 Å². The Hall–Kier alpha value is -2.37. The van der Waals surface area contributed by atoms with Crippen LogP contribution in [-0.2, 0) is 6.42 Å². The van der Waals surface area contributed by atoms with Gasteiger partial charge in [-0.1, -0.05) is 47.5 Å². The zero-order chi connectivity index (χ0) is 16.9. The highest BCUT2D eigenvalue weighted by atomic mass is 35.5. The standard InChI is InChI=1S/C17H14Cl2N4O/c18-15-8-4-7-14(16(15)19)17(24)20-10-9-12-11-21-23(22-12)13-5-2-1-3-6-13/h1-8,11H,9-10H2,(H,20,24). The van der Waals surface area contributed by atoms with Gasteiger partial charge in [0.05, 0.1) is 33.2 Å². The van der Waals surface area contributed by atoms with Crippen LogP contribution in [0.5, 0.6) is 0 Å². The topological polar surface area (TPSA) is 59.8 Å². The minimum atomic E-state index is -0.266. The molecule has 122 valence electrons. The summed E-state index contributed by atoms with van der Waals surface area (Å²) < 4.78 is 0. The summed E-state index contributed by atoms with van der Waals surface area (Å²) in [6.45, 7) is 0.426. The third-order valence-electron chi connectivity index (χ3n) is 3.39. The maximum atomic E-state index is 12.1. The molecule has 0 fully saturated rings. The number of hydrogen-bond donors (Lipinski definition) is 1. The average molecular weight is 361 g/mol. The Morgan fingerprint density at radius 1 is 1.08 bits per heavy atom. The van der Waals surface area contributed by atoms with E-state index in [2.05, 4.69) is 15.5 Å². The van der Waals surface area contributed by atoms with Crippen molar-refractivity contribution in [1.29, 1.82) is 0 Å². The van der Waals surface area contributed by atoms with Gasteiger partial charge < -0.3 is 5.32 Å². The second-order valence-corrected chi connectivity index (χ2v) is 5.85. The van der Waals surface area contributed by atoms with Crippen LogP contribution in [0.1, 0.15) is 16.1 Å². The number of nitrogens with zero attached hydrogens (tertiary/aromatic N) is 3. The van der Waals surface area contributed by atoms with E-state index in [-0.39, 0.29) is 10.9 Å². The summed E-state index contributed by atoms with van der Waals surface area (Å²) in [4.78, 5) is 13.7. The molecule has 0 atom stereocenters. The molecular formula is C17H14Cl2N4O. The Labute approximate surface area is 149 Å². The van der Waals surface area contributed by atoms with E-state index in [0.717, 1.165) is 11.4 Å². The first-order valence-electron chi connectivity index (χ1n) is 7.34. The Morgan fingerprint density at radius 2 is 1.88 bits per heavy atom. The largest absolute Gasteiger partial charge is 0.352 e. The van der Waals surface area contributed by atoms with Gasteiger partial charge in [-0.3, -0.25) is 4.79 Å². The zero-order valence-corrected chi connectivity index (χ0v) is 14.1. The van der Waals surface area contributed by atoms with Crippen LogP contribution in [0.4, 0.5) is 0 Å². The van der Waals surface area contributed by atoms with Crippen LogP contribution in [0.2, 0.25) is 10.0 Å². The molecule has 1 N–H and O–H groups in total. The van der Waals surface area contributed by atoms with Crippen molar-refractivity contribution in [2.45, 2.75) is 6.42 Å². The Bertz CT molecular complexity index is 849. The first kappa shape index (κ1) is 16.5. The summed E-state index contributed by atoms with van der Waals surface area (Å²) in [6.07, 6.45) is 2.25. The first-order valence-corrected chi connectivity index (χ1v) is 8.09. The molecule has 1 heterocycles. The van der Waals surface area contributed by atoms with Crippen molar-refractivity contribution in [3.63, 3.8) is 0 Å². The molecule has 7 heteroatoms. The van der Waals surface area contributed by atoms with Gasteiger partial charge in [0, 0.05) is 13.0 Å². The van der Waals surface area contributed by atoms with Gasteiger partial charge in [-0.2, -0.15) is 15.0 Å². The van der Waals surface area contributed by atoms with E-state index in [1.807, 2.05) is 30.3 Å². The fourth-order valence-corrected chi connectivity index (χ4v) is 2.56. The van der Waals surface area contributed by atoms with Crippen LogP contribution in [0.25, 0.3) is 5.69 Å². The summed E-state index contributed by atoms with van der Waals surface area (Å²) in [5, 5.41) is 12.0. The molecule has 0 saturated carbocycles. The molecular weight excluding hydrogens is 347 g/mol. The first-order chi connectivity index (χ1) is 11.6. The predicted octanol–water partition coefficient (Wildman–Crippen LogP) is 3.55. The summed E-state index contributed by atoms with van der Waals surface area (Å²) in [7, 11) is 0. The van der Waals surface area contributed by atoms with E-state index in [0.29, 0.717) is 23.6 Å². The smallest absolute Gasteiger partial charge is 0.252 e. The highest BCUT2D eigenvalue weighted by molar-refractivity contribution is 6.43. The number of para-hydroxylation sites is 1. The van der Waals surface area contributed by atoms with E-state index in [4.69, 9.17) is 23.2 Å². The van der Waals surface area contributed by atoms with Crippen molar-refractivity contribution < 1.29 is 4.79 Å². The Kier molecular flexibility index (Phi) is 5.13. The Balaban J connectivity index is 1.58.